The van der Waals surface area contributed by atoms with Crippen LogP contribution in [0.3, 0.4) is 0 Å². The molecule has 1 fully saturated rings. The fourth-order valence-corrected chi connectivity index (χ4v) is 2.59. The van der Waals surface area contributed by atoms with Crippen molar-refractivity contribution >= 4 is 5.69 Å². The molecule has 1 aromatic carbocycles. The average Bonchev–Trinajstić information content (AvgIpc) is 2.69. The van der Waals surface area contributed by atoms with Crippen molar-refractivity contribution in [1.29, 1.82) is 0 Å². The number of methoxy groups -OCH3 is 1. The molecule has 3 nitrogen and oxygen atoms in total. The number of halogens is 2. The van der Waals surface area contributed by atoms with Crippen LogP contribution in [-0.2, 0) is 0 Å². The van der Waals surface area contributed by atoms with Gasteiger partial charge >= 0.3 is 6.61 Å². The van der Waals surface area contributed by atoms with Gasteiger partial charge in [0.15, 0.2) is 0 Å². The highest BCUT2D eigenvalue weighted by Gasteiger charge is 2.16. The Morgan fingerprint density at radius 3 is 2.45 bits per heavy atom. The van der Waals surface area contributed by atoms with Gasteiger partial charge in [-0.1, -0.05) is 25.7 Å². The highest BCUT2D eigenvalue weighted by Crippen LogP contribution is 2.32. The quantitative estimate of drug-likeness (QED) is 0.812. The Morgan fingerprint density at radius 1 is 1.15 bits per heavy atom. The van der Waals surface area contributed by atoms with E-state index in [0.717, 1.165) is 12.8 Å². The van der Waals surface area contributed by atoms with Crippen LogP contribution in [0, 0.1) is 0 Å². The van der Waals surface area contributed by atoms with Crippen LogP contribution in [0.4, 0.5) is 14.5 Å². The number of anilines is 1. The lowest BCUT2D eigenvalue weighted by molar-refractivity contribution is -0.0494. The Labute approximate surface area is 118 Å². The zero-order valence-corrected chi connectivity index (χ0v) is 11.7. The minimum atomic E-state index is -2.82. The number of ether oxygens (including phenoxy) is 2. The fourth-order valence-electron chi connectivity index (χ4n) is 2.59. The smallest absolute Gasteiger partial charge is 0.387 e. The Bertz CT molecular complexity index is 418. The van der Waals surface area contributed by atoms with Crippen LogP contribution in [0.1, 0.15) is 38.5 Å². The Kier molecular flexibility index (Phi) is 5.44. The van der Waals surface area contributed by atoms with Crippen molar-refractivity contribution in [3.05, 3.63) is 18.2 Å². The molecule has 112 valence electrons. The predicted octanol–water partition coefficient (Wildman–Crippen LogP) is 4.43. The molecule has 5 heteroatoms. The second-order valence-electron chi connectivity index (χ2n) is 5.07. The summed E-state index contributed by atoms with van der Waals surface area (Å²) < 4.78 is 34.6. The van der Waals surface area contributed by atoms with Crippen molar-refractivity contribution in [2.45, 2.75) is 51.2 Å². The first-order valence-electron chi connectivity index (χ1n) is 7.08. The van der Waals surface area contributed by atoms with Gasteiger partial charge in [0.25, 0.3) is 0 Å². The monoisotopic (exact) mass is 285 g/mol. The first-order valence-corrected chi connectivity index (χ1v) is 7.08. The summed E-state index contributed by atoms with van der Waals surface area (Å²) in [4.78, 5) is 0. The number of benzene rings is 1. The molecule has 0 bridgehead atoms. The van der Waals surface area contributed by atoms with E-state index in [1.807, 2.05) is 0 Å². The van der Waals surface area contributed by atoms with Crippen molar-refractivity contribution in [3.63, 3.8) is 0 Å². The summed E-state index contributed by atoms with van der Waals surface area (Å²) >= 11 is 0. The molecule has 0 atom stereocenters. The molecular weight excluding hydrogens is 264 g/mol. The molecule has 1 N–H and O–H groups in total. The van der Waals surface area contributed by atoms with Crippen molar-refractivity contribution in [3.8, 4) is 11.5 Å². The number of hydrogen-bond donors (Lipinski definition) is 1. The molecule has 0 heterocycles. The molecule has 0 saturated heterocycles. The van der Waals surface area contributed by atoms with Gasteiger partial charge in [-0.25, -0.2) is 0 Å². The van der Waals surface area contributed by atoms with Gasteiger partial charge < -0.3 is 14.8 Å². The number of rotatable bonds is 5. The summed E-state index contributed by atoms with van der Waals surface area (Å²) in [5.74, 6) is 0.799. The first kappa shape index (κ1) is 14.9. The normalized spacial score (nSPS) is 16.8. The van der Waals surface area contributed by atoms with E-state index in [1.165, 1.54) is 31.7 Å². The molecule has 0 spiro atoms. The Morgan fingerprint density at radius 2 is 1.85 bits per heavy atom. The molecule has 0 aromatic heterocycles. The number of nitrogens with one attached hydrogen (secondary N) is 1. The minimum absolute atomic E-state index is 0.171. The Balaban J connectivity index is 2.13. The van der Waals surface area contributed by atoms with E-state index in [2.05, 4.69) is 10.1 Å². The van der Waals surface area contributed by atoms with Gasteiger partial charge in [-0.2, -0.15) is 8.78 Å². The third-order valence-electron chi connectivity index (χ3n) is 3.62. The SMILES string of the molecule is COc1ccc(OC(F)F)c(NC2CCCCCC2)c1. The summed E-state index contributed by atoms with van der Waals surface area (Å²) in [7, 11) is 1.55. The van der Waals surface area contributed by atoms with Gasteiger partial charge in [-0.3, -0.25) is 0 Å². The van der Waals surface area contributed by atoms with E-state index in [4.69, 9.17) is 4.74 Å². The second-order valence-corrected chi connectivity index (χ2v) is 5.07. The van der Waals surface area contributed by atoms with Crippen LogP contribution in [0.2, 0.25) is 0 Å². The van der Waals surface area contributed by atoms with Crippen LogP contribution >= 0.6 is 0 Å². The van der Waals surface area contributed by atoms with Crippen LogP contribution in [0.25, 0.3) is 0 Å². The molecular formula is C15H21F2NO2. The standard InChI is InChI=1S/C15H21F2NO2/c1-19-12-8-9-14(20-15(16)17)13(10-12)18-11-6-4-2-3-5-7-11/h8-11,15,18H,2-7H2,1H3. The number of alkyl halides is 2. The van der Waals surface area contributed by atoms with E-state index < -0.39 is 6.61 Å². The van der Waals surface area contributed by atoms with Crippen molar-refractivity contribution < 1.29 is 18.3 Å². The molecule has 2 rings (SSSR count). The molecule has 0 aliphatic heterocycles. The maximum Gasteiger partial charge on any atom is 0.387 e. The molecule has 0 unspecified atom stereocenters. The Hall–Kier alpha value is -1.52. The van der Waals surface area contributed by atoms with Gasteiger partial charge in [-0.05, 0) is 25.0 Å². The highest BCUT2D eigenvalue weighted by atomic mass is 19.3. The molecule has 1 saturated carbocycles. The zero-order chi connectivity index (χ0) is 14.4. The zero-order valence-electron chi connectivity index (χ0n) is 11.7. The molecule has 1 aliphatic rings. The molecule has 20 heavy (non-hydrogen) atoms. The average molecular weight is 285 g/mol. The van der Waals surface area contributed by atoms with E-state index >= 15 is 0 Å². The lowest BCUT2D eigenvalue weighted by atomic mass is 10.1. The fraction of sp³-hybridized carbons (Fsp3) is 0.600. The van der Waals surface area contributed by atoms with E-state index in [1.54, 1.807) is 19.2 Å². The van der Waals surface area contributed by atoms with E-state index in [0.29, 0.717) is 17.5 Å². The van der Waals surface area contributed by atoms with Gasteiger partial charge in [0.1, 0.15) is 11.5 Å². The van der Waals surface area contributed by atoms with Gasteiger partial charge in [0, 0.05) is 12.1 Å². The maximum atomic E-state index is 12.4. The molecule has 0 radical (unpaired) electrons. The summed E-state index contributed by atoms with van der Waals surface area (Å²) in [5, 5.41) is 3.33. The van der Waals surface area contributed by atoms with Crippen LogP contribution in [0.5, 0.6) is 11.5 Å². The lowest BCUT2D eigenvalue weighted by Crippen LogP contribution is -2.19. The summed E-state index contributed by atoms with van der Waals surface area (Å²) in [6.45, 7) is -2.82. The van der Waals surface area contributed by atoms with Crippen molar-refractivity contribution in [1.82, 2.24) is 0 Å². The van der Waals surface area contributed by atoms with Crippen LogP contribution in [0.15, 0.2) is 18.2 Å². The molecule has 0 amide bonds. The van der Waals surface area contributed by atoms with Crippen molar-refractivity contribution in [2.75, 3.05) is 12.4 Å². The van der Waals surface area contributed by atoms with Gasteiger partial charge in [-0.15, -0.1) is 0 Å². The second kappa shape index (κ2) is 7.31. The first-order chi connectivity index (χ1) is 9.69. The third kappa shape index (κ3) is 4.25. The maximum absolute atomic E-state index is 12.4. The highest BCUT2D eigenvalue weighted by molar-refractivity contribution is 5.60. The molecule has 1 aliphatic carbocycles. The van der Waals surface area contributed by atoms with Gasteiger partial charge in [0.05, 0.1) is 12.8 Å². The largest absolute Gasteiger partial charge is 0.497 e. The van der Waals surface area contributed by atoms with Crippen LogP contribution < -0.4 is 14.8 Å². The van der Waals surface area contributed by atoms with Crippen molar-refractivity contribution in [2.24, 2.45) is 0 Å². The predicted molar refractivity (Wildman–Crippen MR) is 74.7 cm³/mol. The van der Waals surface area contributed by atoms with E-state index in [-0.39, 0.29) is 5.75 Å². The summed E-state index contributed by atoms with van der Waals surface area (Å²) in [6, 6.07) is 5.16. The summed E-state index contributed by atoms with van der Waals surface area (Å²) in [5.41, 5.74) is 0.580. The number of hydrogen-bond acceptors (Lipinski definition) is 3. The lowest BCUT2D eigenvalue weighted by Gasteiger charge is -2.20. The molecule has 1 aromatic rings. The summed E-state index contributed by atoms with van der Waals surface area (Å²) in [6.07, 6.45) is 6.96. The third-order valence-corrected chi connectivity index (χ3v) is 3.62. The van der Waals surface area contributed by atoms with Crippen LogP contribution in [-0.4, -0.2) is 19.8 Å². The topological polar surface area (TPSA) is 30.5 Å². The van der Waals surface area contributed by atoms with Gasteiger partial charge in [0.2, 0.25) is 0 Å². The van der Waals surface area contributed by atoms with E-state index in [9.17, 15) is 8.78 Å². The minimum Gasteiger partial charge on any atom is -0.497 e.